The Morgan fingerprint density at radius 3 is 2.50 bits per heavy atom. The van der Waals surface area contributed by atoms with E-state index in [1.165, 1.54) is 45.4 Å². The van der Waals surface area contributed by atoms with Gasteiger partial charge >= 0.3 is 0 Å². The van der Waals surface area contributed by atoms with Crippen LogP contribution in [0.3, 0.4) is 0 Å². The summed E-state index contributed by atoms with van der Waals surface area (Å²) in [4.78, 5) is 4.83. The lowest BCUT2D eigenvalue weighted by Crippen LogP contribution is -2.41. The summed E-state index contributed by atoms with van der Waals surface area (Å²) in [5, 5.41) is 3.68. The lowest BCUT2D eigenvalue weighted by Gasteiger charge is -2.30. The fraction of sp³-hybridized carbons (Fsp3) is 1.00. The van der Waals surface area contributed by atoms with E-state index in [0.29, 0.717) is 6.04 Å². The van der Waals surface area contributed by atoms with Crippen LogP contribution in [0.2, 0.25) is 0 Å². The smallest absolute Gasteiger partial charge is 0.00914 e. The van der Waals surface area contributed by atoms with Crippen molar-refractivity contribution in [2.75, 3.05) is 40.3 Å². The van der Waals surface area contributed by atoms with Crippen LogP contribution in [0.1, 0.15) is 33.1 Å². The van der Waals surface area contributed by atoms with Crippen molar-refractivity contribution in [3.05, 3.63) is 0 Å². The molecule has 0 aromatic heterocycles. The van der Waals surface area contributed by atoms with E-state index in [1.807, 2.05) is 0 Å². The first-order chi connectivity index (χ1) is 7.59. The molecular weight excluding hydrogens is 198 g/mol. The van der Waals surface area contributed by atoms with Gasteiger partial charge in [-0.15, -0.1) is 0 Å². The van der Waals surface area contributed by atoms with Crippen molar-refractivity contribution in [2.24, 2.45) is 0 Å². The Morgan fingerprint density at radius 1 is 1.31 bits per heavy atom. The highest BCUT2D eigenvalue weighted by molar-refractivity contribution is 4.75. The van der Waals surface area contributed by atoms with E-state index < -0.39 is 0 Å². The van der Waals surface area contributed by atoms with Crippen molar-refractivity contribution in [1.82, 2.24) is 15.1 Å². The lowest BCUT2D eigenvalue weighted by atomic mass is 10.1. The predicted molar refractivity (Wildman–Crippen MR) is 70.9 cm³/mol. The van der Waals surface area contributed by atoms with E-state index in [0.717, 1.165) is 6.04 Å². The summed E-state index contributed by atoms with van der Waals surface area (Å²) in [5.74, 6) is 0. The maximum atomic E-state index is 3.68. The molecule has 0 spiro atoms. The summed E-state index contributed by atoms with van der Waals surface area (Å²) in [6, 6.07) is 1.43. The third-order valence-corrected chi connectivity index (χ3v) is 3.72. The molecule has 0 radical (unpaired) electrons. The van der Waals surface area contributed by atoms with Gasteiger partial charge in [-0.2, -0.15) is 0 Å². The molecule has 96 valence electrons. The number of piperidine rings is 1. The minimum Gasteiger partial charge on any atom is -0.314 e. The van der Waals surface area contributed by atoms with Gasteiger partial charge in [0.2, 0.25) is 0 Å². The van der Waals surface area contributed by atoms with Gasteiger partial charge in [0.15, 0.2) is 0 Å². The van der Waals surface area contributed by atoms with Gasteiger partial charge in [0, 0.05) is 12.1 Å². The molecule has 1 saturated heterocycles. The normalized spacial score (nSPS) is 19.9. The maximum Gasteiger partial charge on any atom is 0.00914 e. The summed E-state index contributed by atoms with van der Waals surface area (Å²) >= 11 is 0. The van der Waals surface area contributed by atoms with Gasteiger partial charge in [-0.05, 0) is 73.4 Å². The SMILES string of the molecule is CC(C)N(C)CCCNC1CCN(C)CC1. The van der Waals surface area contributed by atoms with Crippen LogP contribution in [-0.4, -0.2) is 62.2 Å². The van der Waals surface area contributed by atoms with Gasteiger partial charge in [-0.1, -0.05) is 0 Å². The van der Waals surface area contributed by atoms with Crippen molar-refractivity contribution < 1.29 is 0 Å². The number of hydrogen-bond acceptors (Lipinski definition) is 3. The van der Waals surface area contributed by atoms with Gasteiger partial charge in [0.25, 0.3) is 0 Å². The zero-order valence-electron chi connectivity index (χ0n) is 11.5. The summed E-state index contributed by atoms with van der Waals surface area (Å²) in [5.41, 5.74) is 0. The quantitative estimate of drug-likeness (QED) is 0.692. The van der Waals surface area contributed by atoms with Gasteiger partial charge in [0.1, 0.15) is 0 Å². The van der Waals surface area contributed by atoms with Crippen LogP contribution in [-0.2, 0) is 0 Å². The van der Waals surface area contributed by atoms with Gasteiger partial charge < -0.3 is 15.1 Å². The topological polar surface area (TPSA) is 18.5 Å². The number of rotatable bonds is 6. The van der Waals surface area contributed by atoms with Crippen molar-refractivity contribution in [1.29, 1.82) is 0 Å². The first kappa shape index (κ1) is 13.9. The number of nitrogens with one attached hydrogen (secondary N) is 1. The number of nitrogens with zero attached hydrogens (tertiary/aromatic N) is 2. The van der Waals surface area contributed by atoms with Crippen molar-refractivity contribution >= 4 is 0 Å². The summed E-state index contributed by atoms with van der Waals surface area (Å²) in [6.07, 6.45) is 3.90. The molecule has 0 bridgehead atoms. The highest BCUT2D eigenvalue weighted by atomic mass is 15.1. The van der Waals surface area contributed by atoms with Gasteiger partial charge in [0.05, 0.1) is 0 Å². The Bertz CT molecular complexity index is 174. The van der Waals surface area contributed by atoms with Crippen molar-refractivity contribution in [3.63, 3.8) is 0 Å². The standard InChI is InChI=1S/C13H29N3/c1-12(2)16(4)9-5-8-14-13-6-10-15(3)11-7-13/h12-14H,5-11H2,1-4H3. The third-order valence-electron chi connectivity index (χ3n) is 3.72. The van der Waals surface area contributed by atoms with E-state index in [9.17, 15) is 0 Å². The van der Waals surface area contributed by atoms with Gasteiger partial charge in [-0.25, -0.2) is 0 Å². The van der Waals surface area contributed by atoms with Crippen LogP contribution in [0.15, 0.2) is 0 Å². The summed E-state index contributed by atoms with van der Waals surface area (Å²) in [7, 11) is 4.42. The molecule has 0 unspecified atom stereocenters. The van der Waals surface area contributed by atoms with E-state index in [-0.39, 0.29) is 0 Å². The average molecular weight is 227 g/mol. The lowest BCUT2D eigenvalue weighted by molar-refractivity contribution is 0.228. The van der Waals surface area contributed by atoms with Crippen molar-refractivity contribution in [3.8, 4) is 0 Å². The highest BCUT2D eigenvalue weighted by Gasteiger charge is 2.15. The van der Waals surface area contributed by atoms with E-state index in [4.69, 9.17) is 0 Å². The number of hydrogen-bond donors (Lipinski definition) is 1. The fourth-order valence-electron chi connectivity index (χ4n) is 2.11. The minimum atomic E-state index is 0.670. The van der Waals surface area contributed by atoms with Crippen LogP contribution in [0.25, 0.3) is 0 Å². The first-order valence-electron chi connectivity index (χ1n) is 6.71. The largest absolute Gasteiger partial charge is 0.314 e. The zero-order valence-corrected chi connectivity index (χ0v) is 11.5. The molecule has 3 heteroatoms. The van der Waals surface area contributed by atoms with Crippen LogP contribution in [0.4, 0.5) is 0 Å². The Morgan fingerprint density at radius 2 is 1.94 bits per heavy atom. The average Bonchev–Trinajstić information content (AvgIpc) is 2.26. The molecule has 0 aliphatic carbocycles. The molecule has 0 aromatic rings. The third kappa shape index (κ3) is 5.28. The fourth-order valence-corrected chi connectivity index (χ4v) is 2.11. The Kier molecular flexibility index (Phi) is 6.32. The molecule has 1 aliphatic heterocycles. The molecule has 0 saturated carbocycles. The highest BCUT2D eigenvalue weighted by Crippen LogP contribution is 2.07. The Hall–Kier alpha value is -0.120. The Balaban J connectivity index is 1.99. The number of likely N-dealkylation sites (tertiary alicyclic amines) is 1. The second kappa shape index (κ2) is 7.25. The van der Waals surface area contributed by atoms with E-state index >= 15 is 0 Å². The van der Waals surface area contributed by atoms with Crippen molar-refractivity contribution in [2.45, 2.75) is 45.2 Å². The molecule has 1 heterocycles. The molecule has 1 N–H and O–H groups in total. The molecule has 0 atom stereocenters. The molecule has 3 nitrogen and oxygen atoms in total. The van der Waals surface area contributed by atoms with Crippen LogP contribution >= 0.6 is 0 Å². The molecule has 16 heavy (non-hydrogen) atoms. The molecule has 1 rings (SSSR count). The van der Waals surface area contributed by atoms with Gasteiger partial charge in [-0.3, -0.25) is 0 Å². The van der Waals surface area contributed by atoms with Crippen LogP contribution in [0.5, 0.6) is 0 Å². The second-order valence-electron chi connectivity index (χ2n) is 5.46. The monoisotopic (exact) mass is 227 g/mol. The van der Waals surface area contributed by atoms with Crippen LogP contribution < -0.4 is 5.32 Å². The second-order valence-corrected chi connectivity index (χ2v) is 5.46. The summed E-state index contributed by atoms with van der Waals surface area (Å²) < 4.78 is 0. The summed E-state index contributed by atoms with van der Waals surface area (Å²) in [6.45, 7) is 9.39. The molecular formula is C13H29N3. The molecule has 1 aliphatic rings. The predicted octanol–water partition coefficient (Wildman–Crippen LogP) is 1.40. The first-order valence-corrected chi connectivity index (χ1v) is 6.71. The Labute approximate surface area is 101 Å². The molecule has 1 fully saturated rings. The van der Waals surface area contributed by atoms with Crippen LogP contribution in [0, 0.1) is 0 Å². The minimum absolute atomic E-state index is 0.670. The maximum absolute atomic E-state index is 3.68. The zero-order chi connectivity index (χ0) is 12.0. The molecule has 0 amide bonds. The molecule has 0 aromatic carbocycles. The van der Waals surface area contributed by atoms with E-state index in [1.54, 1.807) is 0 Å². The van der Waals surface area contributed by atoms with E-state index in [2.05, 4.69) is 43.1 Å².